The van der Waals surface area contributed by atoms with E-state index in [0.29, 0.717) is 12.0 Å². The quantitative estimate of drug-likeness (QED) is 0.597. The minimum Gasteiger partial charge on any atom is -0.310 e. The van der Waals surface area contributed by atoms with Crippen molar-refractivity contribution in [3.63, 3.8) is 0 Å². The van der Waals surface area contributed by atoms with Gasteiger partial charge in [0.1, 0.15) is 0 Å². The van der Waals surface area contributed by atoms with Gasteiger partial charge in [0.25, 0.3) is 0 Å². The number of rotatable bonds is 7. The first-order valence-corrected chi connectivity index (χ1v) is 5.52. The molecule has 0 aliphatic rings. The Bertz CT molecular complexity index is 140. The van der Waals surface area contributed by atoms with Gasteiger partial charge in [0.05, 0.1) is 0 Å². The molecule has 0 rings (SSSR count). The molecule has 0 fully saturated rings. The highest BCUT2D eigenvalue weighted by molar-refractivity contribution is 5.03. The molecule has 0 aliphatic heterocycles. The van der Waals surface area contributed by atoms with Crippen LogP contribution in [0.3, 0.4) is 0 Å². The van der Waals surface area contributed by atoms with Gasteiger partial charge in [-0.2, -0.15) is 0 Å². The Balaban J connectivity index is 3.99. The maximum Gasteiger partial charge on any atom is 0.0299 e. The van der Waals surface area contributed by atoms with Gasteiger partial charge >= 0.3 is 0 Å². The van der Waals surface area contributed by atoms with E-state index in [1.165, 1.54) is 24.8 Å². The maximum absolute atomic E-state index is 4.05. The summed E-state index contributed by atoms with van der Waals surface area (Å²) >= 11 is 0. The van der Waals surface area contributed by atoms with Crippen LogP contribution in [-0.2, 0) is 0 Å². The molecule has 2 unspecified atom stereocenters. The first-order valence-electron chi connectivity index (χ1n) is 5.52. The van der Waals surface area contributed by atoms with Crippen molar-refractivity contribution in [2.45, 2.75) is 53.0 Å². The van der Waals surface area contributed by atoms with Crippen LogP contribution >= 0.6 is 0 Å². The molecule has 2 atom stereocenters. The Hall–Kier alpha value is -0.300. The Morgan fingerprint density at radius 3 is 2.31 bits per heavy atom. The molecule has 0 spiro atoms. The Morgan fingerprint density at radius 1 is 1.31 bits per heavy atom. The highest BCUT2D eigenvalue weighted by Gasteiger charge is 2.15. The molecule has 13 heavy (non-hydrogen) atoms. The van der Waals surface area contributed by atoms with Crippen molar-refractivity contribution in [2.75, 3.05) is 6.54 Å². The average Bonchev–Trinajstić information content (AvgIpc) is 2.05. The second kappa shape index (κ2) is 7.14. The van der Waals surface area contributed by atoms with E-state index in [4.69, 9.17) is 0 Å². The third kappa shape index (κ3) is 5.09. The lowest BCUT2D eigenvalue weighted by atomic mass is 9.92. The van der Waals surface area contributed by atoms with Gasteiger partial charge in [0.2, 0.25) is 0 Å². The van der Waals surface area contributed by atoms with Crippen LogP contribution in [0.25, 0.3) is 0 Å². The summed E-state index contributed by atoms with van der Waals surface area (Å²) in [5.74, 6) is 0.717. The minimum absolute atomic E-state index is 0.514. The fourth-order valence-corrected chi connectivity index (χ4v) is 1.78. The Labute approximate surface area is 83.6 Å². The molecule has 0 aromatic rings. The summed E-state index contributed by atoms with van der Waals surface area (Å²) in [5, 5.41) is 3.55. The van der Waals surface area contributed by atoms with E-state index in [9.17, 15) is 0 Å². The van der Waals surface area contributed by atoms with Crippen LogP contribution in [0.15, 0.2) is 12.2 Å². The molecule has 0 saturated carbocycles. The molecular weight excluding hydrogens is 158 g/mol. The van der Waals surface area contributed by atoms with Crippen molar-refractivity contribution in [3.05, 3.63) is 12.2 Å². The van der Waals surface area contributed by atoms with Crippen LogP contribution in [0.4, 0.5) is 0 Å². The van der Waals surface area contributed by atoms with Crippen molar-refractivity contribution in [1.29, 1.82) is 0 Å². The molecule has 0 heterocycles. The van der Waals surface area contributed by atoms with E-state index < -0.39 is 0 Å². The summed E-state index contributed by atoms with van der Waals surface area (Å²) < 4.78 is 0. The molecule has 0 aromatic heterocycles. The monoisotopic (exact) mass is 183 g/mol. The Kier molecular flexibility index (Phi) is 6.97. The molecule has 1 nitrogen and oxygen atoms in total. The van der Waals surface area contributed by atoms with Crippen LogP contribution in [0.1, 0.15) is 47.0 Å². The third-order valence-electron chi connectivity index (χ3n) is 2.46. The molecular formula is C12H25N. The van der Waals surface area contributed by atoms with E-state index in [0.717, 1.165) is 6.54 Å². The van der Waals surface area contributed by atoms with Crippen molar-refractivity contribution in [2.24, 2.45) is 5.92 Å². The lowest BCUT2D eigenvalue weighted by Gasteiger charge is -2.25. The lowest BCUT2D eigenvalue weighted by Crippen LogP contribution is -2.36. The van der Waals surface area contributed by atoms with Gasteiger partial charge in [-0.25, -0.2) is 0 Å². The van der Waals surface area contributed by atoms with E-state index in [2.05, 4.69) is 39.6 Å². The normalized spacial score (nSPS) is 15.4. The summed E-state index contributed by atoms with van der Waals surface area (Å²) in [4.78, 5) is 0. The lowest BCUT2D eigenvalue weighted by molar-refractivity contribution is 0.393. The summed E-state index contributed by atoms with van der Waals surface area (Å²) in [6.45, 7) is 14.0. The third-order valence-corrected chi connectivity index (χ3v) is 2.46. The summed E-state index contributed by atoms with van der Waals surface area (Å²) in [5.41, 5.74) is 1.27. The van der Waals surface area contributed by atoms with Crippen molar-refractivity contribution in [1.82, 2.24) is 5.32 Å². The van der Waals surface area contributed by atoms with Crippen molar-refractivity contribution in [3.8, 4) is 0 Å². The predicted molar refractivity (Wildman–Crippen MR) is 61.0 cm³/mol. The summed E-state index contributed by atoms with van der Waals surface area (Å²) in [6, 6.07) is 0.514. The zero-order valence-corrected chi connectivity index (χ0v) is 9.69. The van der Waals surface area contributed by atoms with Crippen molar-refractivity contribution >= 4 is 0 Å². The van der Waals surface area contributed by atoms with Gasteiger partial charge in [-0.05, 0) is 32.2 Å². The highest BCUT2D eigenvalue weighted by Crippen LogP contribution is 2.15. The molecule has 78 valence electrons. The van der Waals surface area contributed by atoms with Gasteiger partial charge in [-0.1, -0.05) is 39.3 Å². The molecule has 1 N–H and O–H groups in total. The topological polar surface area (TPSA) is 12.0 Å². The van der Waals surface area contributed by atoms with Gasteiger partial charge in [-0.15, -0.1) is 0 Å². The summed E-state index contributed by atoms with van der Waals surface area (Å²) in [7, 11) is 0. The summed E-state index contributed by atoms with van der Waals surface area (Å²) in [6.07, 6.45) is 3.75. The molecule has 0 saturated heterocycles. The highest BCUT2D eigenvalue weighted by atomic mass is 14.9. The van der Waals surface area contributed by atoms with Gasteiger partial charge in [-0.3, -0.25) is 0 Å². The smallest absolute Gasteiger partial charge is 0.0299 e. The van der Waals surface area contributed by atoms with Crippen LogP contribution in [0.2, 0.25) is 0 Å². The van der Waals surface area contributed by atoms with Crippen LogP contribution in [0, 0.1) is 5.92 Å². The van der Waals surface area contributed by atoms with Crippen molar-refractivity contribution < 1.29 is 0 Å². The zero-order chi connectivity index (χ0) is 10.3. The fraction of sp³-hybridized carbons (Fsp3) is 0.833. The predicted octanol–water partition coefficient (Wildman–Crippen LogP) is 3.37. The molecule has 0 aromatic carbocycles. The first kappa shape index (κ1) is 12.7. The van der Waals surface area contributed by atoms with E-state index in [1.807, 2.05) is 0 Å². The zero-order valence-electron chi connectivity index (χ0n) is 9.69. The number of hydrogen-bond acceptors (Lipinski definition) is 1. The van der Waals surface area contributed by atoms with Gasteiger partial charge in [0.15, 0.2) is 0 Å². The molecule has 0 aliphatic carbocycles. The SMILES string of the molecule is C=C(C)C(NCCC)C(C)CCC. The molecule has 1 heteroatoms. The number of hydrogen-bond donors (Lipinski definition) is 1. The maximum atomic E-state index is 4.05. The van der Waals surface area contributed by atoms with Crippen LogP contribution < -0.4 is 5.32 Å². The molecule has 0 radical (unpaired) electrons. The van der Waals surface area contributed by atoms with Crippen LogP contribution in [0.5, 0.6) is 0 Å². The first-order chi connectivity index (χ1) is 6.13. The Morgan fingerprint density at radius 2 is 1.92 bits per heavy atom. The average molecular weight is 183 g/mol. The van der Waals surface area contributed by atoms with Crippen LogP contribution in [-0.4, -0.2) is 12.6 Å². The standard InChI is InChI=1S/C12H25N/c1-6-8-11(5)12(10(3)4)13-9-7-2/h11-13H,3,6-9H2,1-2,4-5H3. The fourth-order valence-electron chi connectivity index (χ4n) is 1.78. The van der Waals surface area contributed by atoms with Gasteiger partial charge in [0, 0.05) is 6.04 Å². The van der Waals surface area contributed by atoms with Gasteiger partial charge < -0.3 is 5.32 Å². The largest absolute Gasteiger partial charge is 0.310 e. The van der Waals surface area contributed by atoms with E-state index >= 15 is 0 Å². The second-order valence-electron chi connectivity index (χ2n) is 4.04. The van der Waals surface area contributed by atoms with E-state index in [1.54, 1.807) is 0 Å². The molecule has 0 bridgehead atoms. The van der Waals surface area contributed by atoms with E-state index in [-0.39, 0.29) is 0 Å². The minimum atomic E-state index is 0.514. The molecule has 0 amide bonds. The second-order valence-corrected chi connectivity index (χ2v) is 4.04. The number of nitrogens with one attached hydrogen (secondary N) is 1.